The summed E-state index contributed by atoms with van der Waals surface area (Å²) in [4.78, 5) is 14.7. The Hall–Kier alpha value is -2.17. The van der Waals surface area contributed by atoms with E-state index in [-0.39, 0.29) is 5.91 Å². The Kier molecular flexibility index (Phi) is 3.41. The van der Waals surface area contributed by atoms with E-state index in [0.717, 1.165) is 36.2 Å². The molecule has 2 heterocycles. The number of hydrogen-bond acceptors (Lipinski definition) is 4. The van der Waals surface area contributed by atoms with Crippen LogP contribution >= 0.6 is 0 Å². The lowest BCUT2D eigenvalue weighted by atomic mass is 10.1. The number of nitrogens with one attached hydrogen (secondary N) is 1. The summed E-state index contributed by atoms with van der Waals surface area (Å²) in [6.45, 7) is 2.79. The number of carbonyl (C=O) groups is 1. The van der Waals surface area contributed by atoms with E-state index in [1.165, 1.54) is 25.7 Å². The van der Waals surface area contributed by atoms with Gasteiger partial charge in [0.15, 0.2) is 11.5 Å². The number of nitrogens with zero attached hydrogens (tertiary/aromatic N) is 3. The molecule has 114 valence electrons. The zero-order valence-corrected chi connectivity index (χ0v) is 12.6. The molecule has 22 heavy (non-hydrogen) atoms. The molecule has 5 heteroatoms. The van der Waals surface area contributed by atoms with Gasteiger partial charge in [0.2, 0.25) is 0 Å². The summed E-state index contributed by atoms with van der Waals surface area (Å²) in [6, 6.07) is 7.95. The van der Waals surface area contributed by atoms with Gasteiger partial charge in [0.25, 0.3) is 5.91 Å². The van der Waals surface area contributed by atoms with Crippen molar-refractivity contribution in [3.63, 3.8) is 0 Å². The first-order valence-electron chi connectivity index (χ1n) is 8.11. The summed E-state index contributed by atoms with van der Waals surface area (Å²) in [5, 5.41) is 13.5. The molecule has 1 aromatic carbocycles. The fourth-order valence-corrected chi connectivity index (χ4v) is 3.06. The highest BCUT2D eigenvalue weighted by Gasteiger charge is 2.24. The van der Waals surface area contributed by atoms with Crippen LogP contribution in [0.5, 0.6) is 0 Å². The van der Waals surface area contributed by atoms with Crippen LogP contribution in [-0.4, -0.2) is 35.7 Å². The maximum atomic E-state index is 12.4. The van der Waals surface area contributed by atoms with Crippen LogP contribution in [0.25, 0.3) is 10.8 Å². The molecule has 1 N–H and O–H groups in total. The fourth-order valence-electron chi connectivity index (χ4n) is 3.06. The molecule has 0 atom stereocenters. The fraction of sp³-hybridized carbons (Fsp3) is 0.471. The minimum Gasteiger partial charge on any atom is -0.355 e. The van der Waals surface area contributed by atoms with Crippen molar-refractivity contribution in [2.75, 3.05) is 24.5 Å². The summed E-state index contributed by atoms with van der Waals surface area (Å²) in [5.74, 6) is 1.46. The molecule has 1 aliphatic heterocycles. The number of hydrogen-bond donors (Lipinski definition) is 1. The van der Waals surface area contributed by atoms with E-state index >= 15 is 0 Å². The van der Waals surface area contributed by atoms with Gasteiger partial charge in [-0.1, -0.05) is 24.3 Å². The van der Waals surface area contributed by atoms with Crippen molar-refractivity contribution in [2.45, 2.75) is 25.7 Å². The Bertz CT molecular complexity index is 705. The highest BCUT2D eigenvalue weighted by Crippen LogP contribution is 2.29. The molecule has 0 spiro atoms. The van der Waals surface area contributed by atoms with Crippen molar-refractivity contribution >= 4 is 22.5 Å². The van der Waals surface area contributed by atoms with Gasteiger partial charge in [-0.3, -0.25) is 4.79 Å². The SMILES string of the molecule is O=C(NCC1CC1)c1nnc(N2CCCC2)c2ccccc12. The second-order valence-electron chi connectivity index (χ2n) is 6.27. The van der Waals surface area contributed by atoms with Crippen molar-refractivity contribution in [1.82, 2.24) is 15.5 Å². The zero-order valence-electron chi connectivity index (χ0n) is 12.6. The van der Waals surface area contributed by atoms with Crippen LogP contribution < -0.4 is 10.2 Å². The van der Waals surface area contributed by atoms with Crippen molar-refractivity contribution in [2.24, 2.45) is 5.92 Å². The molecule has 1 aromatic heterocycles. The van der Waals surface area contributed by atoms with Crippen LogP contribution in [0.3, 0.4) is 0 Å². The Morgan fingerprint density at radius 1 is 1.14 bits per heavy atom. The Labute approximate surface area is 129 Å². The van der Waals surface area contributed by atoms with Gasteiger partial charge >= 0.3 is 0 Å². The average molecular weight is 296 g/mol. The lowest BCUT2D eigenvalue weighted by Gasteiger charge is -2.18. The van der Waals surface area contributed by atoms with E-state index in [4.69, 9.17) is 0 Å². The Balaban J connectivity index is 1.69. The smallest absolute Gasteiger partial charge is 0.272 e. The minimum atomic E-state index is -0.108. The van der Waals surface area contributed by atoms with Gasteiger partial charge in [-0.05, 0) is 31.6 Å². The monoisotopic (exact) mass is 296 g/mol. The predicted molar refractivity (Wildman–Crippen MR) is 86.0 cm³/mol. The quantitative estimate of drug-likeness (QED) is 0.941. The van der Waals surface area contributed by atoms with E-state index in [2.05, 4.69) is 20.4 Å². The molecule has 0 bridgehead atoms. The average Bonchev–Trinajstić information content (AvgIpc) is 3.23. The number of anilines is 1. The minimum absolute atomic E-state index is 0.108. The van der Waals surface area contributed by atoms with Gasteiger partial charge in [0, 0.05) is 30.4 Å². The van der Waals surface area contributed by atoms with Gasteiger partial charge in [0.1, 0.15) is 0 Å². The standard InChI is InChI=1S/C17H20N4O/c22-17(18-11-12-7-8-12)15-13-5-1-2-6-14(13)16(20-19-15)21-9-3-4-10-21/h1-2,5-6,12H,3-4,7-11H2,(H,18,22). The Morgan fingerprint density at radius 3 is 2.59 bits per heavy atom. The first-order chi connectivity index (χ1) is 10.8. The highest BCUT2D eigenvalue weighted by molar-refractivity contribution is 6.07. The molecule has 1 saturated heterocycles. The number of aromatic nitrogens is 2. The van der Waals surface area contributed by atoms with Crippen molar-refractivity contribution in [3.05, 3.63) is 30.0 Å². The number of amides is 1. The molecular weight excluding hydrogens is 276 g/mol. The molecule has 5 nitrogen and oxygen atoms in total. The van der Waals surface area contributed by atoms with Gasteiger partial charge in [-0.2, -0.15) is 0 Å². The third kappa shape index (κ3) is 2.51. The third-order valence-corrected chi connectivity index (χ3v) is 4.54. The van der Waals surface area contributed by atoms with E-state index in [0.29, 0.717) is 11.6 Å². The van der Waals surface area contributed by atoms with Gasteiger partial charge in [-0.15, -0.1) is 10.2 Å². The van der Waals surface area contributed by atoms with Gasteiger partial charge in [0.05, 0.1) is 0 Å². The normalized spacial score (nSPS) is 17.9. The summed E-state index contributed by atoms with van der Waals surface area (Å²) in [6.07, 6.45) is 4.83. The van der Waals surface area contributed by atoms with E-state index < -0.39 is 0 Å². The van der Waals surface area contributed by atoms with Crippen LogP contribution in [0, 0.1) is 5.92 Å². The van der Waals surface area contributed by atoms with Crippen molar-refractivity contribution in [3.8, 4) is 0 Å². The summed E-state index contributed by atoms with van der Waals surface area (Å²) in [5.41, 5.74) is 0.444. The van der Waals surface area contributed by atoms with Crippen LogP contribution in [-0.2, 0) is 0 Å². The molecule has 1 saturated carbocycles. The second-order valence-corrected chi connectivity index (χ2v) is 6.27. The molecular formula is C17H20N4O. The number of benzene rings is 1. The van der Waals surface area contributed by atoms with Crippen molar-refractivity contribution < 1.29 is 4.79 Å². The molecule has 2 aliphatic rings. The molecule has 2 aromatic rings. The summed E-state index contributed by atoms with van der Waals surface area (Å²) >= 11 is 0. The van der Waals surface area contributed by atoms with E-state index in [9.17, 15) is 4.79 Å². The molecule has 2 fully saturated rings. The molecule has 0 radical (unpaired) electrons. The van der Waals surface area contributed by atoms with Crippen LogP contribution in [0.2, 0.25) is 0 Å². The van der Waals surface area contributed by atoms with Crippen LogP contribution in [0.15, 0.2) is 24.3 Å². The maximum absolute atomic E-state index is 12.4. The van der Waals surface area contributed by atoms with Crippen LogP contribution in [0.4, 0.5) is 5.82 Å². The van der Waals surface area contributed by atoms with Gasteiger partial charge in [-0.25, -0.2) is 0 Å². The zero-order chi connectivity index (χ0) is 14.9. The summed E-state index contributed by atoms with van der Waals surface area (Å²) in [7, 11) is 0. The molecule has 4 rings (SSSR count). The first-order valence-corrected chi connectivity index (χ1v) is 8.11. The maximum Gasteiger partial charge on any atom is 0.272 e. The molecule has 0 unspecified atom stereocenters. The third-order valence-electron chi connectivity index (χ3n) is 4.54. The second kappa shape index (κ2) is 5.55. The van der Waals surface area contributed by atoms with Gasteiger partial charge < -0.3 is 10.2 Å². The predicted octanol–water partition coefficient (Wildman–Crippen LogP) is 2.37. The van der Waals surface area contributed by atoms with E-state index in [1.807, 2.05) is 24.3 Å². The topological polar surface area (TPSA) is 58.1 Å². The van der Waals surface area contributed by atoms with E-state index in [1.54, 1.807) is 0 Å². The first kappa shape index (κ1) is 13.5. The number of rotatable bonds is 4. The highest BCUT2D eigenvalue weighted by atomic mass is 16.1. The lowest BCUT2D eigenvalue weighted by Crippen LogP contribution is -2.28. The Morgan fingerprint density at radius 2 is 1.86 bits per heavy atom. The lowest BCUT2D eigenvalue weighted by molar-refractivity contribution is 0.0947. The van der Waals surface area contributed by atoms with Crippen molar-refractivity contribution in [1.29, 1.82) is 0 Å². The molecule has 1 aliphatic carbocycles. The van der Waals surface area contributed by atoms with Crippen LogP contribution in [0.1, 0.15) is 36.2 Å². The molecule has 1 amide bonds. The summed E-state index contributed by atoms with van der Waals surface area (Å²) < 4.78 is 0. The largest absolute Gasteiger partial charge is 0.355 e. The number of fused-ring (bicyclic) bond motifs is 1. The number of carbonyl (C=O) groups excluding carboxylic acids is 1.